The Morgan fingerprint density at radius 3 is 2.53 bits per heavy atom. The molecule has 5 rings (SSSR count). The maximum Gasteiger partial charge on any atom is 0.323 e. The molecule has 1 aromatic carbocycles. The summed E-state index contributed by atoms with van der Waals surface area (Å²) in [5.41, 5.74) is 3.92. The predicted octanol–water partition coefficient (Wildman–Crippen LogP) is 2.86. The van der Waals surface area contributed by atoms with Gasteiger partial charge in [0.15, 0.2) is 5.78 Å². The lowest BCUT2D eigenvalue weighted by Crippen LogP contribution is -2.61. The molecule has 4 aliphatic carbocycles. The molecule has 0 aliphatic heterocycles. The van der Waals surface area contributed by atoms with Gasteiger partial charge in [-0.05, 0) is 55.2 Å². The fourth-order valence-electron chi connectivity index (χ4n) is 8.14. The Kier molecular flexibility index (Phi) is 6.54. The number of benzene rings is 1. The molecule has 0 aromatic heterocycles. The number of ketones is 1. The van der Waals surface area contributed by atoms with E-state index in [2.05, 4.69) is 12.1 Å². The van der Waals surface area contributed by atoms with Gasteiger partial charge in [-0.25, -0.2) is 0 Å². The number of fused-ring (bicyclic) bond motifs is 5. The van der Waals surface area contributed by atoms with Crippen molar-refractivity contribution in [2.75, 3.05) is 6.61 Å². The van der Waals surface area contributed by atoms with Gasteiger partial charge in [0.05, 0.1) is 12.2 Å². The molecule has 4 aliphatic rings. The lowest BCUT2D eigenvalue weighted by Gasteiger charge is -2.50. The fraction of sp³-hybridized carbons (Fsp3) is 0.613. The Balaban J connectivity index is 1.39. The highest BCUT2D eigenvalue weighted by atomic mass is 16.6. The Hall–Kier alpha value is -2.32. The summed E-state index contributed by atoms with van der Waals surface area (Å²) in [6, 6.07) is 9.33. The molecule has 0 radical (unpaired) electrons. The number of aliphatic hydroxyl groups excluding tert-OH is 1. The van der Waals surface area contributed by atoms with Crippen LogP contribution < -0.4 is 5.73 Å². The lowest BCUT2D eigenvalue weighted by molar-refractivity contribution is -0.187. The first-order valence-corrected chi connectivity index (χ1v) is 13.8. The minimum absolute atomic E-state index is 0.0292. The van der Waals surface area contributed by atoms with E-state index in [4.69, 9.17) is 10.5 Å². The van der Waals surface area contributed by atoms with Crippen LogP contribution in [0.15, 0.2) is 53.6 Å². The number of carbonyl (C=O) groups excluding carboxylic acids is 2. The van der Waals surface area contributed by atoms with Crippen LogP contribution in [0, 0.1) is 29.1 Å². The number of hydrogen-bond donors (Lipinski definition) is 4. The average Bonchev–Trinajstić information content (AvgIpc) is 3.28. The zero-order valence-corrected chi connectivity index (χ0v) is 22.8. The monoisotopic (exact) mass is 523 g/mol. The smallest absolute Gasteiger partial charge is 0.323 e. The van der Waals surface area contributed by atoms with Crippen molar-refractivity contribution in [3.05, 3.63) is 59.2 Å². The second kappa shape index (κ2) is 9.12. The predicted molar refractivity (Wildman–Crippen MR) is 143 cm³/mol. The summed E-state index contributed by atoms with van der Waals surface area (Å²) in [5, 5.41) is 34.1. The number of ether oxygens (including phenoxy) is 1. The number of aliphatic hydroxyl groups is 3. The third kappa shape index (κ3) is 3.77. The van der Waals surface area contributed by atoms with Gasteiger partial charge in [0.1, 0.15) is 17.2 Å². The van der Waals surface area contributed by atoms with Gasteiger partial charge in [-0.15, -0.1) is 0 Å². The molecule has 0 unspecified atom stereocenters. The van der Waals surface area contributed by atoms with Crippen molar-refractivity contribution in [3.63, 3.8) is 0 Å². The minimum atomic E-state index is -1.80. The van der Waals surface area contributed by atoms with Crippen LogP contribution in [-0.4, -0.2) is 56.5 Å². The Bertz CT molecular complexity index is 1190. The van der Waals surface area contributed by atoms with E-state index in [0.29, 0.717) is 24.0 Å². The Morgan fingerprint density at radius 1 is 1.18 bits per heavy atom. The van der Waals surface area contributed by atoms with E-state index in [1.165, 1.54) is 5.56 Å². The summed E-state index contributed by atoms with van der Waals surface area (Å²) in [6.45, 7) is 7.31. The van der Waals surface area contributed by atoms with Gasteiger partial charge in [-0.2, -0.15) is 0 Å². The van der Waals surface area contributed by atoms with Crippen LogP contribution in [0.4, 0.5) is 0 Å². The highest BCUT2D eigenvalue weighted by molar-refractivity contribution is 6.04. The maximum atomic E-state index is 13.3. The van der Waals surface area contributed by atoms with Crippen molar-refractivity contribution in [1.29, 1.82) is 0 Å². The average molecular weight is 524 g/mol. The highest BCUT2D eigenvalue weighted by Gasteiger charge is 2.83. The normalized spacial score (nSPS) is 39.6. The van der Waals surface area contributed by atoms with E-state index in [9.17, 15) is 24.9 Å². The largest absolute Gasteiger partial charge is 0.457 e. The summed E-state index contributed by atoms with van der Waals surface area (Å²) < 4.78 is 6.27. The Morgan fingerprint density at radius 2 is 1.87 bits per heavy atom. The van der Waals surface area contributed by atoms with Crippen molar-refractivity contribution in [2.45, 2.75) is 82.6 Å². The zero-order chi connectivity index (χ0) is 27.7. The van der Waals surface area contributed by atoms with Gasteiger partial charge in [-0.1, -0.05) is 63.3 Å². The highest BCUT2D eigenvalue weighted by Crippen LogP contribution is 2.76. The minimum Gasteiger partial charge on any atom is -0.457 e. The first-order valence-electron chi connectivity index (χ1n) is 13.8. The number of rotatable bonds is 7. The van der Waals surface area contributed by atoms with Crippen molar-refractivity contribution in [1.82, 2.24) is 0 Å². The summed E-state index contributed by atoms with van der Waals surface area (Å²) in [4.78, 5) is 26.3. The number of nitrogens with two attached hydrogens (primary N) is 1. The molecule has 5 N–H and O–H groups in total. The second-order valence-electron chi connectivity index (χ2n) is 12.8. The molecule has 7 heteroatoms. The van der Waals surface area contributed by atoms with Gasteiger partial charge in [0, 0.05) is 29.6 Å². The van der Waals surface area contributed by atoms with Crippen LogP contribution in [0.3, 0.4) is 0 Å². The molecule has 1 aromatic rings. The standard InChI is InChI=1S/C31H41NO6/c1-18-13-24-29(36,26(18)34)16-21(17-33)14-22-25-28(3,4)30(25,15-19(2)31(22,24)37)38-27(35)23(32)12-8-11-20-9-6-5-7-10-20/h5-7,9-10,13-14,19,22-25,33,36-37H,8,11-12,15-17,32H2,1-4H3/t19-,22+,23-,24-,25-,29-,30+,31-/m1/s1. The zero-order valence-electron chi connectivity index (χ0n) is 22.8. The molecule has 2 fully saturated rings. The third-order valence-corrected chi connectivity index (χ3v) is 10.3. The van der Waals surface area contributed by atoms with Crippen molar-refractivity contribution in [3.8, 4) is 0 Å². The van der Waals surface area contributed by atoms with E-state index < -0.39 is 57.8 Å². The number of Topliss-reactive ketones (excluding diaryl/α,β-unsaturated/α-hetero) is 1. The van der Waals surface area contributed by atoms with E-state index in [1.54, 1.807) is 13.0 Å². The number of aryl methyl sites for hydroxylation is 1. The molecular formula is C31H41NO6. The third-order valence-electron chi connectivity index (χ3n) is 10.3. The van der Waals surface area contributed by atoms with Gasteiger partial charge in [-0.3, -0.25) is 9.59 Å². The molecule has 2 saturated carbocycles. The summed E-state index contributed by atoms with van der Waals surface area (Å²) in [6.07, 6.45) is 6.02. The van der Waals surface area contributed by atoms with Crippen molar-refractivity contribution >= 4 is 11.8 Å². The molecule has 0 bridgehead atoms. The van der Waals surface area contributed by atoms with Crippen LogP contribution in [0.2, 0.25) is 0 Å². The van der Waals surface area contributed by atoms with Crippen LogP contribution in [0.1, 0.15) is 58.9 Å². The molecule has 0 spiro atoms. The van der Waals surface area contributed by atoms with E-state index in [-0.39, 0.29) is 18.9 Å². The quantitative estimate of drug-likeness (QED) is 0.319. The van der Waals surface area contributed by atoms with Gasteiger partial charge in [0.25, 0.3) is 0 Å². The molecule has 7 nitrogen and oxygen atoms in total. The topological polar surface area (TPSA) is 130 Å². The number of esters is 1. The first kappa shape index (κ1) is 27.3. The molecule has 206 valence electrons. The molecule has 8 atom stereocenters. The van der Waals surface area contributed by atoms with Gasteiger partial charge in [0.2, 0.25) is 0 Å². The van der Waals surface area contributed by atoms with Crippen molar-refractivity contribution < 1.29 is 29.6 Å². The molecule has 0 heterocycles. The van der Waals surface area contributed by atoms with E-state index in [1.807, 2.05) is 45.0 Å². The van der Waals surface area contributed by atoms with Crippen LogP contribution in [0.5, 0.6) is 0 Å². The number of hydrogen-bond acceptors (Lipinski definition) is 7. The number of carbonyl (C=O) groups is 2. The van der Waals surface area contributed by atoms with Crippen LogP contribution in [-0.2, 0) is 20.7 Å². The fourth-order valence-corrected chi connectivity index (χ4v) is 8.14. The van der Waals surface area contributed by atoms with E-state index in [0.717, 1.165) is 12.8 Å². The van der Waals surface area contributed by atoms with Crippen LogP contribution >= 0.6 is 0 Å². The van der Waals surface area contributed by atoms with Gasteiger partial charge < -0.3 is 25.8 Å². The maximum absolute atomic E-state index is 13.3. The second-order valence-corrected chi connectivity index (χ2v) is 12.8. The first-order chi connectivity index (χ1) is 17.8. The molecule has 38 heavy (non-hydrogen) atoms. The van der Waals surface area contributed by atoms with Crippen molar-refractivity contribution in [2.24, 2.45) is 34.8 Å². The van der Waals surface area contributed by atoms with E-state index >= 15 is 0 Å². The summed E-state index contributed by atoms with van der Waals surface area (Å²) >= 11 is 0. The Labute approximate surface area is 224 Å². The summed E-state index contributed by atoms with van der Waals surface area (Å²) in [7, 11) is 0. The lowest BCUT2D eigenvalue weighted by atomic mass is 9.60. The molecule has 0 saturated heterocycles. The summed E-state index contributed by atoms with van der Waals surface area (Å²) in [5.74, 6) is -2.80. The SMILES string of the molecule is CC1=C[C@H]2[C@@]3(O)[C@H](C)C[C@]4(OC(=O)[C@H](N)CCCc5ccccc5)[C@H]([C@@H]3C=C(CO)C[C@]2(O)C1=O)C4(C)C. The van der Waals surface area contributed by atoms with Gasteiger partial charge >= 0.3 is 5.97 Å². The molecule has 0 amide bonds. The molecular weight excluding hydrogens is 482 g/mol. The van der Waals surface area contributed by atoms with Crippen LogP contribution in [0.25, 0.3) is 0 Å².